The van der Waals surface area contributed by atoms with E-state index in [1.54, 1.807) is 20.8 Å². The second kappa shape index (κ2) is 7.18. The Kier molecular flexibility index (Phi) is 5.45. The van der Waals surface area contributed by atoms with Gasteiger partial charge in [0, 0.05) is 5.41 Å². The zero-order valence-corrected chi connectivity index (χ0v) is 14.9. The van der Waals surface area contributed by atoms with Gasteiger partial charge in [-0.2, -0.15) is 0 Å². The predicted octanol–water partition coefficient (Wildman–Crippen LogP) is 3.19. The van der Waals surface area contributed by atoms with Crippen LogP contribution in [-0.4, -0.2) is 27.1 Å². The number of hydrogen-bond acceptors (Lipinski definition) is 6. The average molecular weight is 399 g/mol. The summed E-state index contributed by atoms with van der Waals surface area (Å²) >= 11 is 3.06. The van der Waals surface area contributed by atoms with Gasteiger partial charge in [0.25, 0.3) is 0 Å². The van der Waals surface area contributed by atoms with Crippen LogP contribution in [0.2, 0.25) is 0 Å². The van der Waals surface area contributed by atoms with Crippen LogP contribution in [0.3, 0.4) is 0 Å². The topological polar surface area (TPSA) is 101 Å². The molecular weight excluding hydrogens is 383 g/mol. The Bertz CT molecular complexity index is 783. The molecule has 0 fully saturated rings. The van der Waals surface area contributed by atoms with Gasteiger partial charge >= 0.3 is 0 Å². The molecule has 0 unspecified atom stereocenters. The van der Waals surface area contributed by atoms with Gasteiger partial charge in [-0.05, 0) is 39.3 Å². The third kappa shape index (κ3) is 4.24. The molecule has 0 aliphatic heterocycles. The molecule has 0 saturated carbocycles. The number of nitrogens with one attached hydrogen (secondary N) is 1. The number of carbonyl (C=O) groups is 1. The number of aliphatic imine (C=N–C) groups is 1. The minimum absolute atomic E-state index is 0.0177. The monoisotopic (exact) mass is 398 g/mol. The molecule has 0 saturated heterocycles. The average Bonchev–Trinajstić information content (AvgIpc) is 2.95. The van der Waals surface area contributed by atoms with Crippen LogP contribution in [0.1, 0.15) is 32.2 Å². The van der Waals surface area contributed by atoms with Gasteiger partial charge in [0.2, 0.25) is 0 Å². The first-order valence-corrected chi connectivity index (χ1v) is 7.80. The molecule has 0 bridgehead atoms. The number of benzene rings is 1. The maximum absolute atomic E-state index is 13.3. The van der Waals surface area contributed by atoms with Crippen molar-refractivity contribution in [2.24, 2.45) is 10.4 Å². The SMILES string of the molecule is CC(C)(C)C(=O)Cc1nonc1C(=Nc1ccc(F)c(Br)c1)NO. The molecule has 7 nitrogen and oxygen atoms in total. The molecule has 0 radical (unpaired) electrons. The molecule has 1 heterocycles. The summed E-state index contributed by atoms with van der Waals surface area (Å²) in [5, 5.41) is 16.7. The van der Waals surface area contributed by atoms with E-state index in [4.69, 9.17) is 0 Å². The molecule has 128 valence electrons. The Morgan fingerprint density at radius 1 is 1.42 bits per heavy atom. The lowest BCUT2D eigenvalue weighted by Crippen LogP contribution is -2.26. The Balaban J connectivity index is 2.35. The number of ketones is 1. The summed E-state index contributed by atoms with van der Waals surface area (Å²) in [7, 11) is 0. The van der Waals surface area contributed by atoms with Crippen molar-refractivity contribution in [3.8, 4) is 0 Å². The summed E-state index contributed by atoms with van der Waals surface area (Å²) in [5.41, 5.74) is 2.06. The molecule has 9 heteroatoms. The minimum atomic E-state index is -0.554. The largest absolute Gasteiger partial charge is 0.299 e. The fourth-order valence-corrected chi connectivity index (χ4v) is 2.10. The first-order chi connectivity index (χ1) is 11.2. The van der Waals surface area contributed by atoms with Crippen LogP contribution in [0, 0.1) is 11.2 Å². The van der Waals surface area contributed by atoms with Crippen molar-refractivity contribution in [2.75, 3.05) is 0 Å². The number of nitrogens with zero attached hydrogens (tertiary/aromatic N) is 3. The smallest absolute Gasteiger partial charge is 0.182 e. The van der Waals surface area contributed by atoms with Crippen molar-refractivity contribution in [1.82, 2.24) is 15.8 Å². The van der Waals surface area contributed by atoms with Crippen LogP contribution in [0.15, 0.2) is 32.3 Å². The van der Waals surface area contributed by atoms with Gasteiger partial charge in [-0.15, -0.1) is 0 Å². The third-order valence-corrected chi connectivity index (χ3v) is 3.80. The lowest BCUT2D eigenvalue weighted by molar-refractivity contribution is -0.125. The van der Waals surface area contributed by atoms with Crippen molar-refractivity contribution in [3.63, 3.8) is 0 Å². The van der Waals surface area contributed by atoms with Crippen LogP contribution in [0.4, 0.5) is 10.1 Å². The summed E-state index contributed by atoms with van der Waals surface area (Å²) in [6.45, 7) is 5.37. The van der Waals surface area contributed by atoms with E-state index in [1.165, 1.54) is 18.2 Å². The molecule has 1 aromatic carbocycles. The summed E-state index contributed by atoms with van der Waals surface area (Å²) in [6, 6.07) is 4.08. The molecule has 0 aliphatic carbocycles. The summed E-state index contributed by atoms with van der Waals surface area (Å²) in [4.78, 5) is 16.3. The fraction of sp³-hybridized carbons (Fsp3) is 0.333. The number of rotatable bonds is 4. The molecule has 0 aliphatic rings. The number of aromatic nitrogens is 2. The molecule has 0 atom stereocenters. The van der Waals surface area contributed by atoms with Crippen molar-refractivity contribution < 1.29 is 19.0 Å². The molecular formula is C15H16BrFN4O3. The highest BCUT2D eigenvalue weighted by Gasteiger charge is 2.26. The quantitative estimate of drug-likeness (QED) is 0.465. The van der Waals surface area contributed by atoms with E-state index in [0.717, 1.165) is 0 Å². The third-order valence-electron chi connectivity index (χ3n) is 3.20. The molecule has 0 amide bonds. The van der Waals surface area contributed by atoms with E-state index in [2.05, 4.69) is 35.9 Å². The number of hydrogen-bond donors (Lipinski definition) is 2. The highest BCUT2D eigenvalue weighted by atomic mass is 79.9. The summed E-state index contributed by atoms with van der Waals surface area (Å²) in [5.74, 6) is -0.570. The van der Waals surface area contributed by atoms with Gasteiger partial charge in [-0.25, -0.2) is 14.0 Å². The van der Waals surface area contributed by atoms with Gasteiger partial charge in [-0.3, -0.25) is 15.5 Å². The van der Waals surface area contributed by atoms with E-state index >= 15 is 0 Å². The Morgan fingerprint density at radius 3 is 2.71 bits per heavy atom. The van der Waals surface area contributed by atoms with E-state index in [-0.39, 0.29) is 33.9 Å². The number of carbonyl (C=O) groups excluding carboxylic acids is 1. The number of amidine groups is 1. The zero-order valence-electron chi connectivity index (χ0n) is 13.3. The molecule has 0 spiro atoms. The van der Waals surface area contributed by atoms with Gasteiger partial charge in [0.1, 0.15) is 17.3 Å². The second-order valence-electron chi connectivity index (χ2n) is 6.08. The van der Waals surface area contributed by atoms with Gasteiger partial charge in [0.05, 0.1) is 16.6 Å². The van der Waals surface area contributed by atoms with Crippen molar-refractivity contribution in [1.29, 1.82) is 0 Å². The normalized spacial score (nSPS) is 12.3. The molecule has 2 aromatic rings. The van der Waals surface area contributed by atoms with Crippen LogP contribution >= 0.6 is 15.9 Å². The summed E-state index contributed by atoms with van der Waals surface area (Å²) in [6.07, 6.45) is -0.0177. The van der Waals surface area contributed by atoms with Crippen LogP contribution in [0.25, 0.3) is 0 Å². The lowest BCUT2D eigenvalue weighted by atomic mass is 9.88. The van der Waals surface area contributed by atoms with E-state index in [1.807, 2.05) is 5.48 Å². The maximum atomic E-state index is 13.3. The van der Waals surface area contributed by atoms with Crippen LogP contribution in [0.5, 0.6) is 0 Å². The number of halogens is 2. The standard InChI is InChI=1S/C15H16BrFN4O3/c1-15(2,3)12(22)7-11-13(21-24-20-11)14(19-23)18-8-4-5-10(17)9(16)6-8/h4-6,23H,7H2,1-3H3,(H,18,19). The molecule has 1 aromatic heterocycles. The van der Waals surface area contributed by atoms with Gasteiger partial charge in [0.15, 0.2) is 11.5 Å². The van der Waals surface area contributed by atoms with Crippen LogP contribution < -0.4 is 5.48 Å². The first kappa shape index (κ1) is 18.2. The summed E-state index contributed by atoms with van der Waals surface area (Å²) < 4.78 is 18.2. The Hall–Kier alpha value is -2.13. The highest BCUT2D eigenvalue weighted by Crippen LogP contribution is 2.23. The van der Waals surface area contributed by atoms with E-state index in [0.29, 0.717) is 5.69 Å². The van der Waals surface area contributed by atoms with Gasteiger partial charge in [-0.1, -0.05) is 25.9 Å². The van der Waals surface area contributed by atoms with Crippen molar-refractivity contribution in [3.05, 3.63) is 39.9 Å². The molecule has 24 heavy (non-hydrogen) atoms. The highest BCUT2D eigenvalue weighted by molar-refractivity contribution is 9.10. The second-order valence-corrected chi connectivity index (χ2v) is 6.93. The molecule has 2 N–H and O–H groups in total. The minimum Gasteiger partial charge on any atom is -0.299 e. The lowest BCUT2D eigenvalue weighted by Gasteiger charge is -2.15. The Morgan fingerprint density at radius 2 is 2.12 bits per heavy atom. The fourth-order valence-electron chi connectivity index (χ4n) is 1.73. The van der Waals surface area contributed by atoms with Gasteiger partial charge < -0.3 is 0 Å². The first-order valence-electron chi connectivity index (χ1n) is 7.01. The number of Topliss-reactive ketones (excluding diaryl/α,β-unsaturated/α-hetero) is 1. The van der Waals surface area contributed by atoms with Crippen LogP contribution in [-0.2, 0) is 11.2 Å². The van der Waals surface area contributed by atoms with Crippen molar-refractivity contribution in [2.45, 2.75) is 27.2 Å². The molecule has 2 rings (SSSR count). The Labute approximate surface area is 146 Å². The zero-order chi connectivity index (χ0) is 17.9. The maximum Gasteiger partial charge on any atom is 0.182 e. The van der Waals surface area contributed by atoms with Crippen molar-refractivity contribution >= 4 is 33.2 Å². The van der Waals surface area contributed by atoms with E-state index in [9.17, 15) is 14.4 Å². The predicted molar refractivity (Wildman–Crippen MR) is 87.7 cm³/mol. The van der Waals surface area contributed by atoms with E-state index < -0.39 is 11.2 Å². The number of hydroxylamine groups is 1.